The summed E-state index contributed by atoms with van der Waals surface area (Å²) >= 11 is 0. The van der Waals surface area contributed by atoms with E-state index in [-0.39, 0.29) is 0 Å². The first-order valence-electron chi connectivity index (χ1n) is 6.56. The highest BCUT2D eigenvalue weighted by Gasteiger charge is 2.17. The van der Waals surface area contributed by atoms with Crippen molar-refractivity contribution < 1.29 is 0 Å². The van der Waals surface area contributed by atoms with E-state index in [9.17, 15) is 0 Å². The fourth-order valence-corrected chi connectivity index (χ4v) is 2.25. The summed E-state index contributed by atoms with van der Waals surface area (Å²) in [7, 11) is 0. The molecule has 1 fully saturated rings. The van der Waals surface area contributed by atoms with Crippen LogP contribution in [0.15, 0.2) is 12.4 Å². The van der Waals surface area contributed by atoms with E-state index >= 15 is 0 Å². The molecule has 0 bridgehead atoms. The van der Waals surface area contributed by atoms with E-state index in [0.717, 1.165) is 31.1 Å². The summed E-state index contributed by atoms with van der Waals surface area (Å²) in [4.78, 5) is 11.1. The third-order valence-electron chi connectivity index (χ3n) is 3.29. The largest absolute Gasteiger partial charge is 0.340 e. The van der Waals surface area contributed by atoms with Gasteiger partial charge in [0, 0.05) is 31.5 Å². The zero-order valence-electron chi connectivity index (χ0n) is 10.8. The van der Waals surface area contributed by atoms with Crippen molar-refractivity contribution in [2.45, 2.75) is 39.2 Å². The molecular formula is C13H22N4. The molecule has 0 aromatic carbocycles. The van der Waals surface area contributed by atoms with Crippen molar-refractivity contribution in [3.8, 4) is 0 Å². The zero-order chi connectivity index (χ0) is 12.1. The second-order valence-corrected chi connectivity index (χ2v) is 4.75. The topological polar surface area (TPSA) is 41.0 Å². The number of piperidine rings is 1. The first-order valence-corrected chi connectivity index (χ1v) is 6.56. The first kappa shape index (κ1) is 12.3. The number of rotatable bonds is 4. The molecule has 17 heavy (non-hydrogen) atoms. The molecule has 1 aromatic heterocycles. The molecule has 0 saturated carbocycles. The van der Waals surface area contributed by atoms with Gasteiger partial charge in [0.25, 0.3) is 0 Å². The van der Waals surface area contributed by atoms with E-state index in [4.69, 9.17) is 0 Å². The number of nitrogens with zero attached hydrogens (tertiary/aromatic N) is 3. The molecule has 4 heteroatoms. The highest BCUT2D eigenvalue weighted by molar-refractivity contribution is 5.29. The summed E-state index contributed by atoms with van der Waals surface area (Å²) in [6, 6.07) is 0.591. The maximum Gasteiger partial charge on any atom is 0.225 e. The summed E-state index contributed by atoms with van der Waals surface area (Å²) in [6.07, 6.45) is 7.69. The fraction of sp³-hybridized carbons (Fsp3) is 0.692. The third kappa shape index (κ3) is 3.40. The summed E-state index contributed by atoms with van der Waals surface area (Å²) in [5.41, 5.74) is 1.11. The van der Waals surface area contributed by atoms with E-state index in [1.165, 1.54) is 19.3 Å². The number of aryl methyl sites for hydroxylation is 1. The van der Waals surface area contributed by atoms with Gasteiger partial charge in [-0.2, -0.15) is 0 Å². The molecule has 1 aliphatic heterocycles. The lowest BCUT2D eigenvalue weighted by atomic mass is 10.0. The van der Waals surface area contributed by atoms with Gasteiger partial charge in [0.05, 0.1) is 0 Å². The first-order chi connectivity index (χ1) is 8.29. The maximum absolute atomic E-state index is 4.40. The Hall–Kier alpha value is -1.16. The molecule has 1 aliphatic rings. The molecule has 1 saturated heterocycles. The van der Waals surface area contributed by atoms with E-state index in [2.05, 4.69) is 27.1 Å². The van der Waals surface area contributed by atoms with Crippen LogP contribution in [0.4, 0.5) is 5.95 Å². The van der Waals surface area contributed by atoms with Crippen molar-refractivity contribution in [3.05, 3.63) is 18.0 Å². The van der Waals surface area contributed by atoms with E-state index in [1.54, 1.807) is 0 Å². The van der Waals surface area contributed by atoms with Gasteiger partial charge in [-0.3, -0.25) is 0 Å². The minimum absolute atomic E-state index is 0.591. The number of hydrogen-bond acceptors (Lipinski definition) is 4. The average Bonchev–Trinajstić information content (AvgIpc) is 2.38. The molecule has 1 unspecified atom stereocenters. The van der Waals surface area contributed by atoms with Gasteiger partial charge in [-0.15, -0.1) is 0 Å². The van der Waals surface area contributed by atoms with Gasteiger partial charge >= 0.3 is 0 Å². The molecule has 4 nitrogen and oxygen atoms in total. The molecule has 1 atom stereocenters. The molecule has 94 valence electrons. The molecule has 0 spiro atoms. The van der Waals surface area contributed by atoms with Gasteiger partial charge in [0.15, 0.2) is 0 Å². The van der Waals surface area contributed by atoms with Crippen LogP contribution in [0, 0.1) is 6.92 Å². The maximum atomic E-state index is 4.40. The van der Waals surface area contributed by atoms with Crippen molar-refractivity contribution in [2.24, 2.45) is 0 Å². The molecule has 0 radical (unpaired) electrons. The Morgan fingerprint density at radius 2 is 2.12 bits per heavy atom. The van der Waals surface area contributed by atoms with Gasteiger partial charge in [-0.25, -0.2) is 9.97 Å². The number of likely N-dealkylation sites (N-methyl/N-ethyl adjacent to an activating group) is 1. The van der Waals surface area contributed by atoms with Gasteiger partial charge in [0.1, 0.15) is 0 Å². The van der Waals surface area contributed by atoms with Crippen LogP contribution >= 0.6 is 0 Å². The predicted octanol–water partition coefficient (Wildman–Crippen LogP) is 1.75. The second kappa shape index (κ2) is 5.96. The quantitative estimate of drug-likeness (QED) is 0.862. The van der Waals surface area contributed by atoms with E-state index < -0.39 is 0 Å². The summed E-state index contributed by atoms with van der Waals surface area (Å²) in [5, 5.41) is 3.57. The predicted molar refractivity (Wildman–Crippen MR) is 70.3 cm³/mol. The number of aromatic nitrogens is 2. The normalized spacial score (nSPS) is 20.2. The Morgan fingerprint density at radius 1 is 1.35 bits per heavy atom. The number of nitrogens with one attached hydrogen (secondary N) is 1. The Morgan fingerprint density at radius 3 is 2.71 bits per heavy atom. The van der Waals surface area contributed by atoms with Crippen molar-refractivity contribution in [3.63, 3.8) is 0 Å². The van der Waals surface area contributed by atoms with Gasteiger partial charge < -0.3 is 10.2 Å². The molecule has 1 N–H and O–H groups in total. The highest BCUT2D eigenvalue weighted by Crippen LogP contribution is 2.12. The molecule has 0 amide bonds. The Bertz CT molecular complexity index is 330. The monoisotopic (exact) mass is 234 g/mol. The van der Waals surface area contributed by atoms with Crippen LogP contribution in [0.5, 0.6) is 0 Å². The molecular weight excluding hydrogens is 212 g/mol. The summed E-state index contributed by atoms with van der Waals surface area (Å²) < 4.78 is 0. The van der Waals surface area contributed by atoms with Crippen LogP contribution in [0.3, 0.4) is 0 Å². The number of anilines is 1. The van der Waals surface area contributed by atoms with Gasteiger partial charge in [-0.05, 0) is 38.8 Å². The molecule has 1 aromatic rings. The standard InChI is InChI=1S/C13H22N4/c1-3-17(10-12-6-4-5-7-14-12)13-15-8-11(2)9-16-13/h8-9,12,14H,3-7,10H2,1-2H3. The van der Waals surface area contributed by atoms with E-state index in [1.807, 2.05) is 19.3 Å². The minimum atomic E-state index is 0.591. The molecule has 2 rings (SSSR count). The van der Waals surface area contributed by atoms with Crippen molar-refractivity contribution in [1.82, 2.24) is 15.3 Å². The lowest BCUT2D eigenvalue weighted by Gasteiger charge is -2.29. The van der Waals surface area contributed by atoms with Crippen LogP contribution in [0.2, 0.25) is 0 Å². The fourth-order valence-electron chi connectivity index (χ4n) is 2.25. The van der Waals surface area contributed by atoms with Crippen LogP contribution in [-0.2, 0) is 0 Å². The molecule has 2 heterocycles. The molecule has 0 aliphatic carbocycles. The second-order valence-electron chi connectivity index (χ2n) is 4.75. The summed E-state index contributed by atoms with van der Waals surface area (Å²) in [6.45, 7) is 7.30. The Labute approximate surface area is 103 Å². The Balaban J connectivity index is 1.97. The average molecular weight is 234 g/mol. The van der Waals surface area contributed by atoms with Crippen LogP contribution in [-0.4, -0.2) is 35.6 Å². The van der Waals surface area contributed by atoms with E-state index in [0.29, 0.717) is 6.04 Å². The SMILES string of the molecule is CCN(CC1CCCCN1)c1ncc(C)cn1. The smallest absolute Gasteiger partial charge is 0.225 e. The summed E-state index contributed by atoms with van der Waals surface area (Å²) in [5.74, 6) is 0.852. The van der Waals surface area contributed by atoms with Gasteiger partial charge in [0.2, 0.25) is 5.95 Å². The lowest BCUT2D eigenvalue weighted by molar-refractivity contribution is 0.399. The zero-order valence-corrected chi connectivity index (χ0v) is 10.8. The van der Waals surface area contributed by atoms with Gasteiger partial charge in [-0.1, -0.05) is 6.42 Å². The number of hydrogen-bond donors (Lipinski definition) is 1. The van der Waals surface area contributed by atoms with Crippen molar-refractivity contribution >= 4 is 5.95 Å². The van der Waals surface area contributed by atoms with Crippen LogP contribution in [0.25, 0.3) is 0 Å². The van der Waals surface area contributed by atoms with Crippen LogP contribution < -0.4 is 10.2 Å². The van der Waals surface area contributed by atoms with Crippen molar-refractivity contribution in [1.29, 1.82) is 0 Å². The lowest BCUT2D eigenvalue weighted by Crippen LogP contribution is -2.44. The minimum Gasteiger partial charge on any atom is -0.340 e. The highest BCUT2D eigenvalue weighted by atomic mass is 15.3. The Kier molecular flexibility index (Phi) is 4.31. The van der Waals surface area contributed by atoms with Crippen molar-refractivity contribution in [2.75, 3.05) is 24.5 Å². The van der Waals surface area contributed by atoms with Crippen LogP contribution in [0.1, 0.15) is 31.7 Å². The third-order valence-corrected chi connectivity index (χ3v) is 3.29.